The Hall–Kier alpha value is -1.56. The van der Waals surface area contributed by atoms with E-state index in [2.05, 4.69) is 10.2 Å². The number of fused-ring (bicyclic) bond motifs is 1. The summed E-state index contributed by atoms with van der Waals surface area (Å²) in [6.45, 7) is 0. The molecule has 0 amide bonds. The summed E-state index contributed by atoms with van der Waals surface area (Å²) in [6.07, 6.45) is -4.67. The molecule has 1 atom stereocenters. The number of nitrogens with one attached hydrogen (secondary N) is 1. The van der Waals surface area contributed by atoms with Gasteiger partial charge in [-0.25, -0.2) is 0 Å². The second-order valence-corrected chi connectivity index (χ2v) is 3.57. The Labute approximate surface area is 89.4 Å². The first-order valence-electron chi connectivity index (χ1n) is 4.73. The standard InChI is InChI=1S/C10H10F3N3/c11-10(12,13)9(14)5-8-6-3-1-2-4-7(6)15-16-8/h1-4,9H,5,14H2,(H,15,16). The lowest BCUT2D eigenvalue weighted by Crippen LogP contribution is -2.39. The molecule has 0 radical (unpaired) electrons. The average molecular weight is 229 g/mol. The molecule has 6 heteroatoms. The Morgan fingerprint density at radius 2 is 2.00 bits per heavy atom. The second kappa shape index (κ2) is 3.79. The van der Waals surface area contributed by atoms with Crippen molar-refractivity contribution in [2.45, 2.75) is 18.6 Å². The van der Waals surface area contributed by atoms with E-state index in [0.29, 0.717) is 16.6 Å². The van der Waals surface area contributed by atoms with E-state index in [9.17, 15) is 13.2 Å². The highest BCUT2D eigenvalue weighted by Crippen LogP contribution is 2.23. The average Bonchev–Trinajstić information content (AvgIpc) is 2.61. The topological polar surface area (TPSA) is 54.7 Å². The number of aromatic nitrogens is 2. The predicted molar refractivity (Wildman–Crippen MR) is 53.8 cm³/mol. The number of nitrogens with two attached hydrogens (primary N) is 1. The molecule has 0 aliphatic heterocycles. The van der Waals surface area contributed by atoms with Crippen LogP contribution in [-0.2, 0) is 6.42 Å². The minimum Gasteiger partial charge on any atom is -0.320 e. The zero-order chi connectivity index (χ0) is 11.8. The van der Waals surface area contributed by atoms with Gasteiger partial charge in [-0.1, -0.05) is 18.2 Å². The van der Waals surface area contributed by atoms with Crippen LogP contribution in [0.4, 0.5) is 13.2 Å². The smallest absolute Gasteiger partial charge is 0.320 e. The first-order chi connectivity index (χ1) is 7.48. The lowest BCUT2D eigenvalue weighted by Gasteiger charge is -2.14. The molecule has 0 saturated carbocycles. The second-order valence-electron chi connectivity index (χ2n) is 3.57. The van der Waals surface area contributed by atoms with E-state index in [0.717, 1.165) is 0 Å². The monoisotopic (exact) mass is 229 g/mol. The van der Waals surface area contributed by atoms with Gasteiger partial charge in [0.25, 0.3) is 0 Å². The van der Waals surface area contributed by atoms with Crippen molar-refractivity contribution in [3.05, 3.63) is 30.0 Å². The number of para-hydroxylation sites is 1. The molecule has 1 unspecified atom stereocenters. The fourth-order valence-corrected chi connectivity index (χ4v) is 1.51. The molecule has 3 N–H and O–H groups in total. The number of rotatable bonds is 2. The number of nitrogens with zero attached hydrogens (tertiary/aromatic N) is 1. The molecule has 3 nitrogen and oxygen atoms in total. The molecule has 0 aliphatic carbocycles. The molecule has 16 heavy (non-hydrogen) atoms. The van der Waals surface area contributed by atoms with E-state index < -0.39 is 12.2 Å². The van der Waals surface area contributed by atoms with Gasteiger partial charge in [-0.3, -0.25) is 5.10 Å². The summed E-state index contributed by atoms with van der Waals surface area (Å²) >= 11 is 0. The fourth-order valence-electron chi connectivity index (χ4n) is 1.51. The van der Waals surface area contributed by atoms with Crippen LogP contribution in [0.1, 0.15) is 5.69 Å². The number of alkyl halides is 3. The van der Waals surface area contributed by atoms with E-state index >= 15 is 0 Å². The number of H-pyrrole nitrogens is 1. The van der Waals surface area contributed by atoms with Gasteiger partial charge in [0.2, 0.25) is 0 Å². The zero-order valence-corrected chi connectivity index (χ0v) is 8.25. The highest BCUT2D eigenvalue weighted by atomic mass is 19.4. The lowest BCUT2D eigenvalue weighted by molar-refractivity contribution is -0.147. The molecule has 86 valence electrons. The first kappa shape index (κ1) is 10.9. The maximum atomic E-state index is 12.3. The van der Waals surface area contributed by atoms with Crippen LogP contribution in [0.25, 0.3) is 10.9 Å². The molecule has 0 fully saturated rings. The van der Waals surface area contributed by atoms with Gasteiger partial charge in [0.15, 0.2) is 0 Å². The van der Waals surface area contributed by atoms with Crippen LogP contribution in [0.5, 0.6) is 0 Å². The quantitative estimate of drug-likeness (QED) is 0.827. The SMILES string of the molecule is NC(Cc1[nH]nc2ccccc12)C(F)(F)F. The fraction of sp³-hybridized carbons (Fsp3) is 0.300. The first-order valence-corrected chi connectivity index (χ1v) is 4.73. The lowest BCUT2D eigenvalue weighted by atomic mass is 10.1. The molecule has 2 rings (SSSR count). The van der Waals surface area contributed by atoms with Crippen molar-refractivity contribution in [2.75, 3.05) is 0 Å². The van der Waals surface area contributed by atoms with Gasteiger partial charge >= 0.3 is 6.18 Å². The molecule has 1 aromatic heterocycles. The van der Waals surface area contributed by atoms with Gasteiger partial charge < -0.3 is 5.73 Å². The van der Waals surface area contributed by atoms with Crippen LogP contribution in [-0.4, -0.2) is 22.4 Å². The Morgan fingerprint density at radius 1 is 1.31 bits per heavy atom. The number of benzene rings is 1. The molecular formula is C10H10F3N3. The third-order valence-electron chi connectivity index (χ3n) is 2.38. The van der Waals surface area contributed by atoms with Crippen molar-refractivity contribution in [3.8, 4) is 0 Å². The van der Waals surface area contributed by atoms with E-state index in [1.807, 2.05) is 0 Å². The highest BCUT2D eigenvalue weighted by Gasteiger charge is 2.37. The van der Waals surface area contributed by atoms with Gasteiger partial charge in [0, 0.05) is 17.5 Å². The predicted octanol–water partition coefficient (Wildman–Crippen LogP) is 1.99. The third-order valence-corrected chi connectivity index (χ3v) is 2.38. The van der Waals surface area contributed by atoms with Crippen LogP contribution in [0.15, 0.2) is 24.3 Å². The third kappa shape index (κ3) is 2.01. The van der Waals surface area contributed by atoms with Crippen LogP contribution in [0.3, 0.4) is 0 Å². The summed E-state index contributed by atoms with van der Waals surface area (Å²) in [6, 6.07) is 5.11. The van der Waals surface area contributed by atoms with Crippen molar-refractivity contribution >= 4 is 10.9 Å². The maximum Gasteiger partial charge on any atom is 0.404 e. The van der Waals surface area contributed by atoms with Crippen molar-refractivity contribution < 1.29 is 13.2 Å². The van der Waals surface area contributed by atoms with E-state index in [1.165, 1.54) is 0 Å². The zero-order valence-electron chi connectivity index (χ0n) is 8.25. The summed E-state index contributed by atoms with van der Waals surface area (Å²) in [4.78, 5) is 0. The van der Waals surface area contributed by atoms with E-state index in [-0.39, 0.29) is 6.42 Å². The molecule has 0 spiro atoms. The van der Waals surface area contributed by atoms with Gasteiger partial charge in [-0.15, -0.1) is 0 Å². The summed E-state index contributed by atoms with van der Waals surface area (Å²) < 4.78 is 36.8. The number of hydrogen-bond acceptors (Lipinski definition) is 2. The van der Waals surface area contributed by atoms with Crippen LogP contribution >= 0.6 is 0 Å². The molecule has 2 aromatic rings. The Balaban J connectivity index is 2.28. The van der Waals surface area contributed by atoms with Crippen molar-refractivity contribution in [1.29, 1.82) is 0 Å². The van der Waals surface area contributed by atoms with Crippen LogP contribution in [0, 0.1) is 0 Å². The number of halogens is 3. The molecular weight excluding hydrogens is 219 g/mol. The Kier molecular flexibility index (Phi) is 2.59. The number of aromatic amines is 1. The van der Waals surface area contributed by atoms with Gasteiger partial charge in [-0.2, -0.15) is 18.3 Å². The van der Waals surface area contributed by atoms with Crippen molar-refractivity contribution in [2.24, 2.45) is 5.73 Å². The van der Waals surface area contributed by atoms with Gasteiger partial charge in [0.1, 0.15) is 6.04 Å². The van der Waals surface area contributed by atoms with E-state index in [4.69, 9.17) is 5.73 Å². The minimum atomic E-state index is -4.38. The van der Waals surface area contributed by atoms with Crippen LogP contribution in [0.2, 0.25) is 0 Å². The number of hydrogen-bond donors (Lipinski definition) is 2. The minimum absolute atomic E-state index is 0.288. The molecule has 0 aliphatic rings. The summed E-state index contributed by atoms with van der Waals surface area (Å²) in [5.41, 5.74) is 6.12. The Bertz CT molecular complexity index is 489. The summed E-state index contributed by atoms with van der Waals surface area (Å²) in [5, 5.41) is 7.18. The van der Waals surface area contributed by atoms with Crippen molar-refractivity contribution in [3.63, 3.8) is 0 Å². The summed E-state index contributed by atoms with van der Waals surface area (Å²) in [7, 11) is 0. The van der Waals surface area contributed by atoms with Gasteiger partial charge in [0.05, 0.1) is 5.52 Å². The van der Waals surface area contributed by atoms with Gasteiger partial charge in [-0.05, 0) is 6.07 Å². The van der Waals surface area contributed by atoms with Crippen molar-refractivity contribution in [1.82, 2.24) is 10.2 Å². The normalized spacial score (nSPS) is 14.2. The molecule has 0 bridgehead atoms. The van der Waals surface area contributed by atoms with E-state index in [1.54, 1.807) is 24.3 Å². The maximum absolute atomic E-state index is 12.3. The largest absolute Gasteiger partial charge is 0.404 e. The molecule has 1 heterocycles. The molecule has 1 aromatic carbocycles. The highest BCUT2D eigenvalue weighted by molar-refractivity contribution is 5.81. The molecule has 0 saturated heterocycles. The summed E-state index contributed by atoms with van der Waals surface area (Å²) in [5.74, 6) is 0. The Morgan fingerprint density at radius 3 is 2.69 bits per heavy atom. The van der Waals surface area contributed by atoms with Crippen LogP contribution < -0.4 is 5.73 Å².